The van der Waals surface area contributed by atoms with Gasteiger partial charge in [0, 0.05) is 16.4 Å². The number of rotatable bonds is 4. The Balaban J connectivity index is 1.88. The van der Waals surface area contributed by atoms with Crippen LogP contribution in [0.15, 0.2) is 42.5 Å². The predicted octanol–water partition coefficient (Wildman–Crippen LogP) is 3.84. The minimum atomic E-state index is -0.338. The summed E-state index contributed by atoms with van der Waals surface area (Å²) >= 11 is 6.00. The molecule has 5 heteroatoms. The molecule has 2 aromatic carbocycles. The highest BCUT2D eigenvalue weighted by Gasteiger charge is 2.03. The Kier molecular flexibility index (Phi) is 4.58. The molecule has 0 aliphatic rings. The first-order chi connectivity index (χ1) is 9.54. The fraction of sp³-hybridized carbons (Fsp3) is 0.133. The summed E-state index contributed by atoms with van der Waals surface area (Å²) in [7, 11) is 0. The molecule has 0 fully saturated rings. The van der Waals surface area contributed by atoms with E-state index in [4.69, 9.17) is 11.6 Å². The maximum atomic E-state index is 12.7. The van der Waals surface area contributed by atoms with Crippen molar-refractivity contribution in [3.8, 4) is 0 Å². The minimum Gasteiger partial charge on any atom is -0.376 e. The highest BCUT2D eigenvalue weighted by atomic mass is 35.5. The molecule has 0 saturated heterocycles. The number of aryl methyl sites for hydroxylation is 1. The van der Waals surface area contributed by atoms with E-state index >= 15 is 0 Å². The van der Waals surface area contributed by atoms with E-state index in [1.54, 1.807) is 6.07 Å². The van der Waals surface area contributed by atoms with Gasteiger partial charge in [-0.1, -0.05) is 17.7 Å². The van der Waals surface area contributed by atoms with Gasteiger partial charge in [0.25, 0.3) is 0 Å². The summed E-state index contributed by atoms with van der Waals surface area (Å²) in [6.45, 7) is 2.02. The van der Waals surface area contributed by atoms with Crippen molar-refractivity contribution in [1.29, 1.82) is 0 Å². The molecule has 0 aliphatic carbocycles. The van der Waals surface area contributed by atoms with Crippen molar-refractivity contribution >= 4 is 28.9 Å². The van der Waals surface area contributed by atoms with E-state index in [-0.39, 0.29) is 18.3 Å². The van der Waals surface area contributed by atoms with E-state index < -0.39 is 0 Å². The summed E-state index contributed by atoms with van der Waals surface area (Å²) in [5, 5.41) is 6.28. The Morgan fingerprint density at radius 2 is 1.80 bits per heavy atom. The first-order valence-electron chi connectivity index (χ1n) is 6.10. The fourth-order valence-corrected chi connectivity index (χ4v) is 1.80. The quantitative estimate of drug-likeness (QED) is 0.899. The average molecular weight is 293 g/mol. The molecule has 2 N–H and O–H groups in total. The molecule has 0 unspecified atom stereocenters. The molecule has 20 heavy (non-hydrogen) atoms. The Morgan fingerprint density at radius 1 is 1.15 bits per heavy atom. The van der Waals surface area contributed by atoms with Gasteiger partial charge < -0.3 is 10.6 Å². The van der Waals surface area contributed by atoms with Crippen LogP contribution in [0, 0.1) is 12.7 Å². The largest absolute Gasteiger partial charge is 0.376 e. The standard InChI is InChI=1S/C15H14ClFN2O/c1-10-2-5-13(8-14(10)16)18-9-15(20)19-12-6-3-11(17)4-7-12/h2-8,18H,9H2,1H3,(H,19,20). The maximum Gasteiger partial charge on any atom is 0.243 e. The Hall–Kier alpha value is -2.07. The number of carbonyl (C=O) groups is 1. The molecule has 0 radical (unpaired) electrons. The molecule has 0 aromatic heterocycles. The molecule has 0 heterocycles. The second kappa shape index (κ2) is 6.39. The van der Waals surface area contributed by atoms with Crippen LogP contribution in [0.5, 0.6) is 0 Å². The van der Waals surface area contributed by atoms with Crippen LogP contribution in [0.4, 0.5) is 15.8 Å². The number of hydrogen-bond acceptors (Lipinski definition) is 2. The Bertz CT molecular complexity index is 614. The first kappa shape index (κ1) is 14.3. The van der Waals surface area contributed by atoms with Gasteiger partial charge >= 0.3 is 0 Å². The first-order valence-corrected chi connectivity index (χ1v) is 6.48. The van der Waals surface area contributed by atoms with Gasteiger partial charge in [-0.2, -0.15) is 0 Å². The lowest BCUT2D eigenvalue weighted by atomic mass is 10.2. The number of hydrogen-bond donors (Lipinski definition) is 2. The van der Waals surface area contributed by atoms with Crippen molar-refractivity contribution in [2.45, 2.75) is 6.92 Å². The third-order valence-electron chi connectivity index (χ3n) is 2.75. The highest BCUT2D eigenvalue weighted by Crippen LogP contribution is 2.19. The van der Waals surface area contributed by atoms with Crippen LogP contribution < -0.4 is 10.6 Å². The Labute approximate surface area is 121 Å². The van der Waals surface area contributed by atoms with Gasteiger partial charge in [0.1, 0.15) is 5.82 Å². The average Bonchev–Trinajstić information content (AvgIpc) is 2.43. The summed E-state index contributed by atoms with van der Waals surface area (Å²) in [6.07, 6.45) is 0. The molecule has 0 saturated carbocycles. The van der Waals surface area contributed by atoms with Gasteiger partial charge in [0.2, 0.25) is 5.91 Å². The molecule has 3 nitrogen and oxygen atoms in total. The molecule has 104 valence electrons. The molecule has 0 atom stereocenters. The lowest BCUT2D eigenvalue weighted by Crippen LogP contribution is -2.21. The van der Waals surface area contributed by atoms with Crippen molar-refractivity contribution in [2.75, 3.05) is 17.2 Å². The van der Waals surface area contributed by atoms with Crippen molar-refractivity contribution in [3.63, 3.8) is 0 Å². The molecule has 2 aromatic rings. The summed E-state index contributed by atoms with van der Waals surface area (Å²) in [5.41, 5.74) is 2.31. The number of nitrogens with one attached hydrogen (secondary N) is 2. The van der Waals surface area contributed by atoms with Crippen LogP contribution in [0.3, 0.4) is 0 Å². The molecule has 0 spiro atoms. The zero-order valence-corrected chi connectivity index (χ0v) is 11.7. The lowest BCUT2D eigenvalue weighted by molar-refractivity contribution is -0.114. The third kappa shape index (κ3) is 3.96. The molecule has 0 aliphatic heterocycles. The second-order valence-corrected chi connectivity index (χ2v) is 4.78. The van der Waals surface area contributed by atoms with Gasteiger partial charge in [-0.05, 0) is 48.9 Å². The van der Waals surface area contributed by atoms with Crippen LogP contribution >= 0.6 is 11.6 Å². The normalized spacial score (nSPS) is 10.2. The van der Waals surface area contributed by atoms with Gasteiger partial charge in [-0.3, -0.25) is 4.79 Å². The van der Waals surface area contributed by atoms with Crippen molar-refractivity contribution in [2.24, 2.45) is 0 Å². The minimum absolute atomic E-state index is 0.108. The SMILES string of the molecule is Cc1ccc(NCC(=O)Nc2ccc(F)cc2)cc1Cl. The van der Waals surface area contributed by atoms with E-state index in [1.165, 1.54) is 24.3 Å². The van der Waals surface area contributed by atoms with E-state index in [0.29, 0.717) is 10.7 Å². The smallest absolute Gasteiger partial charge is 0.243 e. The van der Waals surface area contributed by atoms with E-state index in [9.17, 15) is 9.18 Å². The summed E-state index contributed by atoms with van der Waals surface area (Å²) < 4.78 is 12.7. The highest BCUT2D eigenvalue weighted by molar-refractivity contribution is 6.31. The van der Waals surface area contributed by atoms with Crippen LogP contribution in [-0.4, -0.2) is 12.5 Å². The van der Waals surface area contributed by atoms with Gasteiger partial charge in [-0.25, -0.2) is 4.39 Å². The lowest BCUT2D eigenvalue weighted by Gasteiger charge is -2.09. The Morgan fingerprint density at radius 3 is 2.45 bits per heavy atom. The predicted molar refractivity (Wildman–Crippen MR) is 79.7 cm³/mol. The van der Waals surface area contributed by atoms with Gasteiger partial charge in [0.05, 0.1) is 6.54 Å². The molecule has 1 amide bonds. The number of carbonyl (C=O) groups excluding carboxylic acids is 1. The second-order valence-electron chi connectivity index (χ2n) is 4.37. The topological polar surface area (TPSA) is 41.1 Å². The van der Waals surface area contributed by atoms with E-state index in [0.717, 1.165) is 11.3 Å². The number of halogens is 2. The van der Waals surface area contributed by atoms with Crippen LogP contribution in [0.2, 0.25) is 5.02 Å². The van der Waals surface area contributed by atoms with Crippen molar-refractivity contribution in [3.05, 3.63) is 58.9 Å². The maximum absolute atomic E-state index is 12.7. The third-order valence-corrected chi connectivity index (χ3v) is 3.16. The number of benzene rings is 2. The summed E-state index contributed by atoms with van der Waals surface area (Å²) in [6, 6.07) is 11.1. The molecular formula is C15H14ClFN2O. The van der Waals surface area contributed by atoms with Gasteiger partial charge in [-0.15, -0.1) is 0 Å². The van der Waals surface area contributed by atoms with Crippen molar-refractivity contribution in [1.82, 2.24) is 0 Å². The number of anilines is 2. The van der Waals surface area contributed by atoms with Gasteiger partial charge in [0.15, 0.2) is 0 Å². The van der Waals surface area contributed by atoms with Crippen molar-refractivity contribution < 1.29 is 9.18 Å². The molecule has 2 rings (SSSR count). The summed E-state index contributed by atoms with van der Waals surface area (Å²) in [5.74, 6) is -0.552. The van der Waals surface area contributed by atoms with E-state index in [1.807, 2.05) is 19.1 Å². The fourth-order valence-electron chi connectivity index (χ4n) is 1.62. The number of amides is 1. The zero-order chi connectivity index (χ0) is 14.5. The summed E-state index contributed by atoms with van der Waals surface area (Å²) in [4.78, 5) is 11.7. The molecule has 0 bridgehead atoms. The zero-order valence-electron chi connectivity index (χ0n) is 10.9. The van der Waals surface area contributed by atoms with Crippen LogP contribution in [0.1, 0.15) is 5.56 Å². The molecular weight excluding hydrogens is 279 g/mol. The van der Waals surface area contributed by atoms with Crippen LogP contribution in [-0.2, 0) is 4.79 Å². The van der Waals surface area contributed by atoms with E-state index in [2.05, 4.69) is 10.6 Å². The monoisotopic (exact) mass is 292 g/mol. The van der Waals surface area contributed by atoms with Crippen LogP contribution in [0.25, 0.3) is 0 Å².